The highest BCUT2D eigenvalue weighted by atomic mass is 35.5. The Morgan fingerprint density at radius 2 is 1.90 bits per heavy atom. The summed E-state index contributed by atoms with van der Waals surface area (Å²) in [4.78, 5) is 20.7. The molecule has 2 aromatic carbocycles. The molecule has 0 unspecified atom stereocenters. The Balaban J connectivity index is 2.43. The van der Waals surface area contributed by atoms with E-state index in [4.69, 9.17) is 16.3 Å². The van der Waals surface area contributed by atoms with Crippen molar-refractivity contribution in [3.63, 3.8) is 0 Å². The summed E-state index contributed by atoms with van der Waals surface area (Å²) in [5, 5.41) is 10.7. The van der Waals surface area contributed by atoms with Crippen molar-refractivity contribution < 1.29 is 40.8 Å². The zero-order valence-corrected chi connectivity index (χ0v) is 16.5. The Hall–Kier alpha value is -3.06. The lowest BCUT2D eigenvalue weighted by atomic mass is 10.2. The summed E-state index contributed by atoms with van der Waals surface area (Å²) in [5.74, 6) is -0.563. The number of rotatable bonds is 6. The lowest BCUT2D eigenvalue weighted by Gasteiger charge is -2.12. The van der Waals surface area contributed by atoms with Crippen molar-refractivity contribution in [2.45, 2.75) is 18.0 Å². The van der Waals surface area contributed by atoms with Gasteiger partial charge in [0.25, 0.3) is 15.7 Å². The Kier molecular flexibility index (Phi) is 6.77. The maximum absolute atomic E-state index is 12.7. The average molecular weight is 469 g/mol. The van der Waals surface area contributed by atoms with Crippen molar-refractivity contribution in [3.05, 3.63) is 57.1 Å². The van der Waals surface area contributed by atoms with Crippen LogP contribution in [-0.4, -0.2) is 26.0 Å². The number of hydrogen-bond donors (Lipinski definition) is 1. The molecule has 0 heterocycles. The second kappa shape index (κ2) is 8.75. The summed E-state index contributed by atoms with van der Waals surface area (Å²) < 4.78 is 74.0. The quantitative estimate of drug-likeness (QED) is 0.489. The Morgan fingerprint density at radius 3 is 2.43 bits per heavy atom. The summed E-state index contributed by atoms with van der Waals surface area (Å²) in [5.41, 5.74) is -1.91. The fourth-order valence-corrected chi connectivity index (χ4v) is 3.43. The molecule has 9 nitrogen and oxygen atoms in total. The van der Waals surface area contributed by atoms with Crippen molar-refractivity contribution in [1.29, 1.82) is 0 Å². The van der Waals surface area contributed by atoms with E-state index in [9.17, 15) is 36.5 Å². The number of benzene rings is 2. The summed E-state index contributed by atoms with van der Waals surface area (Å²) in [7, 11) is -4.74. The molecule has 14 heteroatoms. The highest BCUT2D eigenvalue weighted by Gasteiger charge is 2.32. The van der Waals surface area contributed by atoms with Crippen LogP contribution in [0.4, 0.5) is 23.7 Å². The molecule has 0 aromatic heterocycles. The van der Waals surface area contributed by atoms with Crippen molar-refractivity contribution in [3.8, 4) is 11.5 Å². The number of alkyl halides is 3. The molecule has 0 aliphatic carbocycles. The van der Waals surface area contributed by atoms with Crippen molar-refractivity contribution in [2.24, 2.45) is 0 Å². The fraction of sp³-hybridized carbons (Fsp3) is 0.188. The molecule has 0 atom stereocenters. The largest absolute Gasteiger partial charge is 0.456 e. The smallest absolute Gasteiger partial charge is 0.421 e. The maximum atomic E-state index is 12.7. The van der Waals surface area contributed by atoms with Gasteiger partial charge in [0, 0.05) is 12.1 Å². The van der Waals surface area contributed by atoms with Crippen molar-refractivity contribution in [2.75, 3.05) is 6.61 Å². The topological polar surface area (TPSA) is 125 Å². The number of nitrogens with one attached hydrogen (secondary N) is 1. The number of carbonyl (C=O) groups is 1. The molecule has 0 aliphatic rings. The minimum atomic E-state index is -4.74. The fourth-order valence-electron chi connectivity index (χ4n) is 2.14. The molecule has 0 spiro atoms. The van der Waals surface area contributed by atoms with Gasteiger partial charge in [-0.2, -0.15) is 13.2 Å². The van der Waals surface area contributed by atoms with E-state index >= 15 is 0 Å². The molecule has 0 fully saturated rings. The van der Waals surface area contributed by atoms with Gasteiger partial charge in [-0.3, -0.25) is 10.1 Å². The number of nitro groups is 1. The normalized spacial score (nSPS) is 11.6. The first-order valence-electron chi connectivity index (χ1n) is 7.87. The Morgan fingerprint density at radius 1 is 1.23 bits per heavy atom. The van der Waals surface area contributed by atoms with Crippen LogP contribution in [0, 0.1) is 10.1 Å². The predicted octanol–water partition coefficient (Wildman–Crippen LogP) is 4.49. The molecule has 0 bridgehead atoms. The summed E-state index contributed by atoms with van der Waals surface area (Å²) >= 11 is 5.78. The van der Waals surface area contributed by atoms with Crippen molar-refractivity contribution in [1.82, 2.24) is 4.72 Å². The van der Waals surface area contributed by atoms with Crippen LogP contribution in [0.1, 0.15) is 12.5 Å². The third kappa shape index (κ3) is 5.51. The average Bonchev–Trinajstić information content (AvgIpc) is 2.62. The lowest BCUT2D eigenvalue weighted by molar-refractivity contribution is -0.387. The zero-order valence-electron chi connectivity index (χ0n) is 14.9. The highest BCUT2D eigenvalue weighted by molar-refractivity contribution is 7.90. The molecule has 0 aliphatic heterocycles. The first-order chi connectivity index (χ1) is 13.8. The molecule has 30 heavy (non-hydrogen) atoms. The SMILES string of the molecule is CCOC(=O)NS(=O)(=O)c1cc(Oc2ccc(C(F)(F)F)cc2Cl)ccc1[N+](=O)[O-]. The molecule has 1 amide bonds. The molecule has 0 saturated carbocycles. The third-order valence-electron chi connectivity index (χ3n) is 3.40. The van der Waals surface area contributed by atoms with E-state index in [1.807, 2.05) is 0 Å². The van der Waals surface area contributed by atoms with Crippen LogP contribution in [0.25, 0.3) is 0 Å². The number of amides is 1. The number of ether oxygens (including phenoxy) is 2. The maximum Gasteiger partial charge on any atom is 0.421 e. The molecule has 2 rings (SSSR count). The molecule has 1 N–H and O–H groups in total. The second-order valence-electron chi connectivity index (χ2n) is 5.46. The van der Waals surface area contributed by atoms with Crippen LogP contribution in [0.2, 0.25) is 5.02 Å². The van der Waals surface area contributed by atoms with Crippen LogP contribution in [0.3, 0.4) is 0 Å². The Labute approximate surface area is 172 Å². The van der Waals surface area contributed by atoms with Crippen molar-refractivity contribution >= 4 is 33.4 Å². The Bertz CT molecular complexity index is 1090. The van der Waals surface area contributed by atoms with Gasteiger partial charge in [-0.25, -0.2) is 17.9 Å². The van der Waals surface area contributed by atoms with Gasteiger partial charge in [0.05, 0.1) is 22.1 Å². The zero-order chi connectivity index (χ0) is 22.7. The molecule has 0 saturated heterocycles. The van der Waals surface area contributed by atoms with E-state index in [-0.39, 0.29) is 18.1 Å². The van der Waals surface area contributed by atoms with E-state index in [2.05, 4.69) is 4.74 Å². The minimum absolute atomic E-state index is 0.154. The highest BCUT2D eigenvalue weighted by Crippen LogP contribution is 2.37. The van der Waals surface area contributed by atoms with E-state index in [0.29, 0.717) is 18.2 Å². The van der Waals surface area contributed by atoms with Crippen LogP contribution in [0.15, 0.2) is 41.3 Å². The van der Waals surface area contributed by atoms with Gasteiger partial charge in [0.1, 0.15) is 11.5 Å². The van der Waals surface area contributed by atoms with Gasteiger partial charge in [-0.05, 0) is 31.2 Å². The van der Waals surface area contributed by atoms with E-state index in [0.717, 1.165) is 18.2 Å². The van der Waals surface area contributed by atoms with Crippen LogP contribution in [-0.2, 0) is 20.9 Å². The van der Waals surface area contributed by atoms with Gasteiger partial charge in [-0.1, -0.05) is 11.6 Å². The molecule has 0 radical (unpaired) electrons. The van der Waals surface area contributed by atoms with Gasteiger partial charge < -0.3 is 9.47 Å². The van der Waals surface area contributed by atoms with E-state index < -0.39 is 48.4 Å². The molecular formula is C16H12ClF3N2O7S. The van der Waals surface area contributed by atoms with E-state index in [1.165, 1.54) is 11.6 Å². The first kappa shape index (κ1) is 23.2. The van der Waals surface area contributed by atoms with Gasteiger partial charge >= 0.3 is 12.3 Å². The molecular weight excluding hydrogens is 457 g/mol. The summed E-state index contributed by atoms with van der Waals surface area (Å²) in [6.45, 7) is 1.26. The van der Waals surface area contributed by atoms with E-state index in [1.54, 1.807) is 0 Å². The number of sulfonamides is 1. The molecule has 162 valence electrons. The number of nitrogens with zero attached hydrogens (tertiary/aromatic N) is 1. The number of hydrogen-bond acceptors (Lipinski definition) is 7. The second-order valence-corrected chi connectivity index (χ2v) is 7.52. The lowest BCUT2D eigenvalue weighted by Crippen LogP contribution is -2.31. The van der Waals surface area contributed by atoms with Gasteiger partial charge in [0.15, 0.2) is 4.90 Å². The summed E-state index contributed by atoms with van der Waals surface area (Å²) in [6.07, 6.45) is -6.00. The monoisotopic (exact) mass is 468 g/mol. The van der Waals surface area contributed by atoms with Crippen LogP contribution >= 0.6 is 11.6 Å². The number of carbonyl (C=O) groups excluding carboxylic acids is 1. The predicted molar refractivity (Wildman–Crippen MR) is 97.0 cm³/mol. The van der Waals surface area contributed by atoms with Crippen LogP contribution in [0.5, 0.6) is 11.5 Å². The minimum Gasteiger partial charge on any atom is -0.456 e. The molecule has 2 aromatic rings. The van der Waals surface area contributed by atoms with Crippen LogP contribution < -0.4 is 9.46 Å². The van der Waals surface area contributed by atoms with Gasteiger partial charge in [-0.15, -0.1) is 0 Å². The first-order valence-corrected chi connectivity index (χ1v) is 9.74. The number of nitro benzene ring substituents is 1. The van der Waals surface area contributed by atoms with Gasteiger partial charge in [0.2, 0.25) is 0 Å². The standard InChI is InChI=1S/C16H12ClF3N2O7S/c1-2-28-15(23)21-30(26,27)14-8-10(4-5-12(14)22(24)25)29-13-6-3-9(7-11(13)17)16(18,19)20/h3-8H,2H2,1H3,(H,21,23). The third-order valence-corrected chi connectivity index (χ3v) is 5.03. The summed E-state index contributed by atoms with van der Waals surface area (Å²) in [6, 6.07) is 4.70. The number of halogens is 4.